The van der Waals surface area contributed by atoms with Crippen LogP contribution in [-0.4, -0.2) is 29.3 Å². The molecule has 0 saturated heterocycles. The minimum Gasteiger partial charge on any atom is -0.490 e. The highest BCUT2D eigenvalue weighted by Gasteiger charge is 2.30. The van der Waals surface area contributed by atoms with E-state index in [0.717, 1.165) is 11.3 Å². The van der Waals surface area contributed by atoms with Crippen LogP contribution in [0.1, 0.15) is 79.5 Å². The molecule has 0 unspecified atom stereocenters. The van der Waals surface area contributed by atoms with Crippen LogP contribution >= 0.6 is 11.6 Å². The maximum absolute atomic E-state index is 12.3. The van der Waals surface area contributed by atoms with Gasteiger partial charge in [-0.15, -0.1) is 0 Å². The average molecular weight is 427 g/mol. The molecule has 0 bridgehead atoms. The molecule has 1 aromatic heterocycles. The highest BCUT2D eigenvalue weighted by Crippen LogP contribution is 2.33. The predicted molar refractivity (Wildman–Crippen MR) is 120 cm³/mol. The number of aromatic nitrogens is 1. The first kappa shape index (κ1) is 25.5. The summed E-state index contributed by atoms with van der Waals surface area (Å²) in [5, 5.41) is 3.41. The molecule has 2 rings (SSSR count). The van der Waals surface area contributed by atoms with Crippen molar-refractivity contribution in [2.24, 2.45) is 11.3 Å². The lowest BCUT2D eigenvalue weighted by Crippen LogP contribution is -2.47. The Balaban J connectivity index is 0.00000204. The first-order valence-corrected chi connectivity index (χ1v) is 11.0. The fraction of sp³-hybridized carbons (Fsp3) is 0.739. The van der Waals surface area contributed by atoms with E-state index >= 15 is 0 Å². The van der Waals surface area contributed by atoms with E-state index in [2.05, 4.69) is 31.1 Å². The second kappa shape index (κ2) is 10.5. The van der Waals surface area contributed by atoms with E-state index in [1.54, 1.807) is 0 Å². The Bertz CT molecular complexity index is 674. The van der Waals surface area contributed by atoms with Crippen LogP contribution in [0.4, 0.5) is 4.79 Å². The Labute approximate surface area is 181 Å². The van der Waals surface area contributed by atoms with Crippen LogP contribution in [0, 0.1) is 18.3 Å². The molecule has 0 aromatic carbocycles. The number of carbonyl (C=O) groups excluding carboxylic acids is 1. The zero-order valence-electron chi connectivity index (χ0n) is 19.6. The molecule has 0 radical (unpaired) electrons. The van der Waals surface area contributed by atoms with Crippen LogP contribution in [0.5, 0.6) is 5.75 Å². The number of carbonyl (C=O) groups is 1. The first-order valence-electron chi connectivity index (χ1n) is 10.6. The Kier molecular flexibility index (Phi) is 9.26. The highest BCUT2D eigenvalue weighted by atomic mass is 35.5. The van der Waals surface area contributed by atoms with Crippen LogP contribution in [0.15, 0.2) is 6.07 Å². The van der Waals surface area contributed by atoms with Gasteiger partial charge in [-0.25, -0.2) is 9.78 Å². The number of hydrogen-bond acceptors (Lipinski definition) is 4. The van der Waals surface area contributed by atoms with Gasteiger partial charge in [0, 0.05) is 11.7 Å². The SMILES string of the molecule is CC.Cc1nc(Cl)c(OCC2CC2)cc1C[C@H](NC(=O)OC(C)(C)C)C(C)(C)C. The summed E-state index contributed by atoms with van der Waals surface area (Å²) in [5.41, 5.74) is 1.17. The van der Waals surface area contributed by atoms with E-state index in [1.165, 1.54) is 12.8 Å². The van der Waals surface area contributed by atoms with Crippen molar-refractivity contribution < 1.29 is 14.3 Å². The molecule has 1 aliphatic carbocycles. The number of nitrogens with one attached hydrogen (secondary N) is 1. The number of amides is 1. The summed E-state index contributed by atoms with van der Waals surface area (Å²) in [7, 11) is 0. The largest absolute Gasteiger partial charge is 0.490 e. The van der Waals surface area contributed by atoms with Gasteiger partial charge >= 0.3 is 6.09 Å². The van der Waals surface area contributed by atoms with Crippen LogP contribution < -0.4 is 10.1 Å². The number of nitrogens with zero attached hydrogens (tertiary/aromatic N) is 1. The molecular weight excluding hydrogens is 388 g/mol. The third kappa shape index (κ3) is 9.24. The molecular formula is C23H39ClN2O3. The number of aryl methyl sites for hydroxylation is 1. The Morgan fingerprint density at radius 3 is 2.31 bits per heavy atom. The lowest BCUT2D eigenvalue weighted by molar-refractivity contribution is 0.0464. The summed E-state index contributed by atoms with van der Waals surface area (Å²) in [6.45, 7) is 18.5. The standard InChI is InChI=1S/C21H33ClN2O3.C2H6/c1-13-15(10-16(18(22)23-13)26-12-14-8-9-14)11-17(20(2,3)4)24-19(25)27-21(5,6)7;1-2/h10,14,17H,8-9,11-12H2,1-7H3,(H,24,25);1-2H3/t17-;/m0./s1. The van der Waals surface area contributed by atoms with Crippen molar-refractivity contribution >= 4 is 17.7 Å². The van der Waals surface area contributed by atoms with Crippen LogP contribution in [0.3, 0.4) is 0 Å². The van der Waals surface area contributed by atoms with E-state index in [9.17, 15) is 4.79 Å². The van der Waals surface area contributed by atoms with Crippen molar-refractivity contribution in [2.45, 2.75) is 93.2 Å². The van der Waals surface area contributed by atoms with Gasteiger partial charge in [-0.2, -0.15) is 0 Å². The summed E-state index contributed by atoms with van der Waals surface area (Å²) < 4.78 is 11.3. The van der Waals surface area contributed by atoms with E-state index in [1.807, 2.05) is 47.6 Å². The summed E-state index contributed by atoms with van der Waals surface area (Å²) in [6, 6.07) is 1.84. The van der Waals surface area contributed by atoms with Crippen molar-refractivity contribution in [3.8, 4) is 5.75 Å². The number of ether oxygens (including phenoxy) is 2. The molecule has 166 valence electrons. The Morgan fingerprint density at radius 2 is 1.83 bits per heavy atom. The third-order valence-corrected chi connectivity index (χ3v) is 4.84. The number of halogens is 1. The fourth-order valence-electron chi connectivity index (χ4n) is 2.64. The summed E-state index contributed by atoms with van der Waals surface area (Å²) >= 11 is 6.26. The monoisotopic (exact) mass is 426 g/mol. The number of rotatable bonds is 6. The Hall–Kier alpha value is -1.49. The molecule has 1 fully saturated rings. The van der Waals surface area contributed by atoms with E-state index < -0.39 is 11.7 Å². The molecule has 1 N–H and O–H groups in total. The van der Waals surface area contributed by atoms with Crippen molar-refractivity contribution in [1.82, 2.24) is 10.3 Å². The van der Waals surface area contributed by atoms with Gasteiger partial charge in [-0.3, -0.25) is 0 Å². The molecule has 1 atom stereocenters. The van der Waals surface area contributed by atoms with Crippen molar-refractivity contribution in [3.63, 3.8) is 0 Å². The summed E-state index contributed by atoms with van der Waals surface area (Å²) in [5.74, 6) is 1.26. The van der Waals surface area contributed by atoms with Crippen molar-refractivity contribution in [2.75, 3.05) is 6.61 Å². The molecule has 6 heteroatoms. The van der Waals surface area contributed by atoms with Gasteiger partial charge in [0.15, 0.2) is 10.9 Å². The molecule has 1 amide bonds. The Morgan fingerprint density at radius 1 is 1.24 bits per heavy atom. The molecule has 1 aliphatic rings. The maximum atomic E-state index is 12.3. The number of pyridine rings is 1. The second-order valence-electron chi connectivity index (χ2n) is 9.55. The fourth-order valence-corrected chi connectivity index (χ4v) is 2.88. The molecule has 0 spiro atoms. The lowest BCUT2D eigenvalue weighted by Gasteiger charge is -2.33. The third-order valence-electron chi connectivity index (χ3n) is 4.57. The first-order chi connectivity index (χ1) is 13.3. The highest BCUT2D eigenvalue weighted by molar-refractivity contribution is 6.30. The van der Waals surface area contributed by atoms with Gasteiger partial charge in [0.1, 0.15) is 5.60 Å². The van der Waals surface area contributed by atoms with Gasteiger partial charge in [-0.1, -0.05) is 46.2 Å². The smallest absolute Gasteiger partial charge is 0.407 e. The maximum Gasteiger partial charge on any atom is 0.407 e. The van der Waals surface area contributed by atoms with Crippen LogP contribution in [0.25, 0.3) is 0 Å². The summed E-state index contributed by atoms with van der Waals surface area (Å²) in [4.78, 5) is 16.7. The lowest BCUT2D eigenvalue weighted by atomic mass is 9.83. The average Bonchev–Trinajstić information content (AvgIpc) is 3.39. The summed E-state index contributed by atoms with van der Waals surface area (Å²) in [6.07, 6.45) is 2.65. The zero-order chi connectivity index (χ0) is 22.4. The topological polar surface area (TPSA) is 60.5 Å². The van der Waals surface area contributed by atoms with Crippen molar-refractivity contribution in [1.29, 1.82) is 0 Å². The molecule has 1 saturated carbocycles. The normalized spacial score (nSPS) is 15.1. The quantitative estimate of drug-likeness (QED) is 0.539. The van der Waals surface area contributed by atoms with Crippen LogP contribution in [0.2, 0.25) is 5.15 Å². The molecule has 29 heavy (non-hydrogen) atoms. The molecule has 5 nitrogen and oxygen atoms in total. The zero-order valence-corrected chi connectivity index (χ0v) is 20.4. The molecule has 0 aliphatic heterocycles. The van der Waals surface area contributed by atoms with E-state index in [4.69, 9.17) is 21.1 Å². The van der Waals surface area contributed by atoms with E-state index in [0.29, 0.717) is 29.8 Å². The minimum absolute atomic E-state index is 0.120. The van der Waals surface area contributed by atoms with Gasteiger partial charge < -0.3 is 14.8 Å². The minimum atomic E-state index is -0.534. The number of alkyl carbamates (subject to hydrolysis) is 1. The van der Waals surface area contributed by atoms with Gasteiger partial charge in [0.05, 0.1) is 6.61 Å². The van der Waals surface area contributed by atoms with Gasteiger partial charge in [0.2, 0.25) is 0 Å². The van der Waals surface area contributed by atoms with Gasteiger partial charge in [0.25, 0.3) is 0 Å². The van der Waals surface area contributed by atoms with Crippen molar-refractivity contribution in [3.05, 3.63) is 22.5 Å². The molecule has 1 aromatic rings. The predicted octanol–water partition coefficient (Wildman–Crippen LogP) is 6.34. The van der Waals surface area contributed by atoms with Crippen LogP contribution in [-0.2, 0) is 11.2 Å². The second-order valence-corrected chi connectivity index (χ2v) is 9.90. The number of hydrogen-bond donors (Lipinski definition) is 1. The molecule has 1 heterocycles. The van der Waals surface area contributed by atoms with E-state index in [-0.39, 0.29) is 11.5 Å². The van der Waals surface area contributed by atoms with Gasteiger partial charge in [-0.05, 0) is 69.9 Å².